The number of halogens is 3. The lowest BCUT2D eigenvalue weighted by Crippen LogP contribution is -2.41. The first kappa shape index (κ1) is 25.1. The Hall–Kier alpha value is -3.04. The molecule has 1 saturated heterocycles. The number of piperidine rings is 1. The van der Waals surface area contributed by atoms with Gasteiger partial charge in [-0.1, -0.05) is 25.4 Å². The number of aromatic nitrogens is 2. The third kappa shape index (κ3) is 5.62. The van der Waals surface area contributed by atoms with Gasteiger partial charge in [-0.05, 0) is 31.0 Å². The molecule has 0 bridgehead atoms. The van der Waals surface area contributed by atoms with E-state index in [1.165, 1.54) is 12.4 Å². The number of rotatable bonds is 8. The number of fused-ring (bicyclic) bond motifs is 1. The number of Topliss-reactive ketones (excluding diaryl/α,β-unsaturated/α-hetero) is 1. The number of hydrogen-bond acceptors (Lipinski definition) is 7. The van der Waals surface area contributed by atoms with Crippen molar-refractivity contribution in [1.29, 1.82) is 0 Å². The molecule has 2 aromatic carbocycles. The fourth-order valence-corrected chi connectivity index (χ4v) is 4.10. The Kier molecular flexibility index (Phi) is 7.66. The minimum Gasteiger partial charge on any atom is -0.493 e. The molecule has 7 nitrogen and oxygen atoms in total. The average molecular weight is 505 g/mol. The van der Waals surface area contributed by atoms with E-state index in [1.54, 1.807) is 19.2 Å². The van der Waals surface area contributed by atoms with Crippen molar-refractivity contribution in [2.75, 3.05) is 32.1 Å². The molecule has 0 radical (unpaired) electrons. The number of benzene rings is 2. The normalized spacial score (nSPS) is 14.9. The topological polar surface area (TPSA) is 76.6 Å². The Bertz CT molecular complexity index is 1230. The van der Waals surface area contributed by atoms with Crippen molar-refractivity contribution in [1.82, 2.24) is 14.9 Å². The monoisotopic (exact) mass is 504 g/mol. The third-order valence-electron chi connectivity index (χ3n) is 6.06. The molecule has 1 fully saturated rings. The molecule has 3 aromatic rings. The van der Waals surface area contributed by atoms with Gasteiger partial charge in [0.05, 0.1) is 24.9 Å². The molecule has 1 aliphatic rings. The highest BCUT2D eigenvalue weighted by Gasteiger charge is 2.24. The van der Waals surface area contributed by atoms with E-state index in [2.05, 4.69) is 20.2 Å². The van der Waals surface area contributed by atoms with Gasteiger partial charge in [0.25, 0.3) is 0 Å². The maximum absolute atomic E-state index is 14.5. The Morgan fingerprint density at radius 2 is 1.94 bits per heavy atom. The van der Waals surface area contributed by atoms with E-state index in [1.807, 2.05) is 13.8 Å². The summed E-state index contributed by atoms with van der Waals surface area (Å²) in [6, 6.07) is 5.80. The van der Waals surface area contributed by atoms with E-state index in [0.717, 1.165) is 32.0 Å². The highest BCUT2D eigenvalue weighted by Crippen LogP contribution is 2.37. The first-order valence-corrected chi connectivity index (χ1v) is 11.8. The first-order chi connectivity index (χ1) is 16.8. The first-order valence-electron chi connectivity index (χ1n) is 11.4. The van der Waals surface area contributed by atoms with Crippen LogP contribution in [0.1, 0.15) is 26.7 Å². The lowest BCUT2D eigenvalue weighted by molar-refractivity contribution is -0.123. The van der Waals surface area contributed by atoms with Crippen molar-refractivity contribution in [2.24, 2.45) is 5.92 Å². The zero-order valence-electron chi connectivity index (χ0n) is 19.8. The lowest BCUT2D eigenvalue weighted by Gasteiger charge is -2.32. The predicted octanol–water partition coefficient (Wildman–Crippen LogP) is 5.38. The Balaban J connectivity index is 1.55. The van der Waals surface area contributed by atoms with Gasteiger partial charge >= 0.3 is 0 Å². The van der Waals surface area contributed by atoms with Gasteiger partial charge in [-0.3, -0.25) is 9.69 Å². The quantitative estimate of drug-likeness (QED) is 0.412. The molecule has 2 heterocycles. The molecular weight excluding hydrogens is 478 g/mol. The van der Waals surface area contributed by atoms with Crippen LogP contribution in [0.15, 0.2) is 30.6 Å². The Labute approximate surface area is 207 Å². The van der Waals surface area contributed by atoms with Crippen LogP contribution in [0.3, 0.4) is 0 Å². The second kappa shape index (κ2) is 10.7. The number of methoxy groups -OCH3 is 1. The summed E-state index contributed by atoms with van der Waals surface area (Å²) < 4.78 is 39.8. The molecule has 1 aromatic heterocycles. The Morgan fingerprint density at radius 3 is 2.63 bits per heavy atom. The molecule has 0 amide bonds. The summed E-state index contributed by atoms with van der Waals surface area (Å²) >= 11 is 5.71. The molecule has 0 unspecified atom stereocenters. The number of hydrogen-bond donors (Lipinski definition) is 1. The molecule has 0 aliphatic carbocycles. The van der Waals surface area contributed by atoms with Crippen LogP contribution in [-0.2, 0) is 4.79 Å². The Morgan fingerprint density at radius 1 is 1.20 bits per heavy atom. The maximum atomic E-state index is 14.5. The highest BCUT2D eigenvalue weighted by molar-refractivity contribution is 6.31. The smallest absolute Gasteiger partial charge is 0.168 e. The second-order valence-corrected chi connectivity index (χ2v) is 9.18. The number of anilines is 2. The average Bonchev–Trinajstić information content (AvgIpc) is 2.85. The molecule has 1 N–H and O–H groups in total. The van der Waals surface area contributed by atoms with Crippen LogP contribution in [0, 0.1) is 17.6 Å². The summed E-state index contributed by atoms with van der Waals surface area (Å²) in [4.78, 5) is 22.7. The van der Waals surface area contributed by atoms with Gasteiger partial charge in [-0.2, -0.15) is 0 Å². The molecule has 35 heavy (non-hydrogen) atoms. The van der Waals surface area contributed by atoms with Crippen molar-refractivity contribution in [3.05, 3.63) is 47.2 Å². The number of nitrogens with one attached hydrogen (secondary N) is 1. The van der Waals surface area contributed by atoms with Crippen molar-refractivity contribution in [3.8, 4) is 11.5 Å². The van der Waals surface area contributed by atoms with Gasteiger partial charge in [0.2, 0.25) is 0 Å². The van der Waals surface area contributed by atoms with Crippen LogP contribution >= 0.6 is 11.6 Å². The summed E-state index contributed by atoms with van der Waals surface area (Å²) in [5.41, 5.74) is 0.542. The number of ketones is 1. The zero-order chi connectivity index (χ0) is 25.1. The SMILES string of the molecule is COc1cc2ncnc(Nc3ccc(F)c(Cl)c3F)c2cc1OC1CCN(CC(=O)C(C)C)CC1. The number of likely N-dealkylation sites (tertiary alicyclic amines) is 1. The van der Waals surface area contributed by atoms with E-state index in [0.29, 0.717) is 34.8 Å². The molecule has 10 heteroatoms. The predicted molar refractivity (Wildman–Crippen MR) is 131 cm³/mol. The van der Waals surface area contributed by atoms with Crippen molar-refractivity contribution >= 4 is 39.8 Å². The minimum absolute atomic E-state index is 0.0157. The zero-order valence-corrected chi connectivity index (χ0v) is 20.5. The van der Waals surface area contributed by atoms with E-state index in [-0.39, 0.29) is 23.5 Å². The van der Waals surface area contributed by atoms with E-state index < -0.39 is 16.7 Å². The van der Waals surface area contributed by atoms with Gasteiger partial charge in [0.15, 0.2) is 17.3 Å². The summed E-state index contributed by atoms with van der Waals surface area (Å²) in [5.74, 6) is -0.169. The van der Waals surface area contributed by atoms with Gasteiger partial charge in [-0.15, -0.1) is 0 Å². The fraction of sp³-hybridized carbons (Fsp3) is 0.400. The minimum atomic E-state index is -0.911. The van der Waals surface area contributed by atoms with Gasteiger partial charge < -0.3 is 14.8 Å². The molecule has 0 spiro atoms. The van der Waals surface area contributed by atoms with Crippen LogP contribution in [-0.4, -0.2) is 53.5 Å². The van der Waals surface area contributed by atoms with Gasteiger partial charge in [0, 0.05) is 30.5 Å². The summed E-state index contributed by atoms with van der Waals surface area (Å²) in [7, 11) is 1.55. The van der Waals surface area contributed by atoms with Gasteiger partial charge in [-0.25, -0.2) is 18.7 Å². The highest BCUT2D eigenvalue weighted by atomic mass is 35.5. The molecule has 0 saturated carbocycles. The standard InChI is InChI=1S/C25H27ClF2N4O3/c1-14(2)20(33)12-32-8-6-15(7-9-32)35-22-10-16-19(11-21(22)34-3)29-13-30-25(16)31-18-5-4-17(27)23(26)24(18)28/h4-5,10-11,13-15H,6-9,12H2,1-3H3,(H,29,30,31). The third-order valence-corrected chi connectivity index (χ3v) is 6.41. The lowest BCUT2D eigenvalue weighted by atomic mass is 10.0. The van der Waals surface area contributed by atoms with Crippen LogP contribution in [0.25, 0.3) is 10.9 Å². The van der Waals surface area contributed by atoms with Crippen molar-refractivity contribution in [3.63, 3.8) is 0 Å². The number of ether oxygens (including phenoxy) is 2. The van der Waals surface area contributed by atoms with Crippen LogP contribution in [0.2, 0.25) is 5.02 Å². The fourth-order valence-electron chi connectivity index (χ4n) is 3.93. The van der Waals surface area contributed by atoms with Crippen LogP contribution in [0.4, 0.5) is 20.3 Å². The molecule has 0 atom stereocenters. The number of nitrogens with zero attached hydrogens (tertiary/aromatic N) is 3. The second-order valence-electron chi connectivity index (χ2n) is 8.80. The largest absolute Gasteiger partial charge is 0.493 e. The summed E-state index contributed by atoms with van der Waals surface area (Å²) in [6.45, 7) is 5.81. The molecule has 1 aliphatic heterocycles. The number of carbonyl (C=O) groups excluding carboxylic acids is 1. The summed E-state index contributed by atoms with van der Waals surface area (Å²) in [5, 5.41) is 2.85. The van der Waals surface area contributed by atoms with E-state index in [4.69, 9.17) is 21.1 Å². The molecule has 186 valence electrons. The van der Waals surface area contributed by atoms with E-state index in [9.17, 15) is 13.6 Å². The number of carbonyl (C=O) groups is 1. The van der Waals surface area contributed by atoms with Crippen molar-refractivity contribution < 1.29 is 23.0 Å². The molecule has 4 rings (SSSR count). The summed E-state index contributed by atoms with van der Waals surface area (Å²) in [6.07, 6.45) is 2.81. The van der Waals surface area contributed by atoms with E-state index >= 15 is 0 Å². The molecular formula is C25H27ClF2N4O3. The maximum Gasteiger partial charge on any atom is 0.168 e. The van der Waals surface area contributed by atoms with Gasteiger partial charge in [0.1, 0.15) is 34.9 Å². The van der Waals surface area contributed by atoms with Crippen LogP contribution in [0.5, 0.6) is 11.5 Å². The van der Waals surface area contributed by atoms with Crippen molar-refractivity contribution in [2.45, 2.75) is 32.8 Å². The van der Waals surface area contributed by atoms with Crippen LogP contribution < -0.4 is 14.8 Å².